The van der Waals surface area contributed by atoms with Gasteiger partial charge in [0, 0.05) is 6.08 Å². The predicted octanol–water partition coefficient (Wildman–Crippen LogP) is 5.63. The smallest absolute Gasteiger partial charge is 0.406 e. The van der Waals surface area contributed by atoms with Gasteiger partial charge in [0.1, 0.15) is 5.75 Å². The first-order chi connectivity index (χ1) is 13.3. The summed E-state index contributed by atoms with van der Waals surface area (Å²) in [5.41, 5.74) is 1.57. The molecule has 6 heteroatoms. The largest absolute Gasteiger partial charge is 0.573 e. The second kappa shape index (κ2) is 8.17. The van der Waals surface area contributed by atoms with Crippen LogP contribution in [0.2, 0.25) is 0 Å². The van der Waals surface area contributed by atoms with Crippen molar-refractivity contribution in [2.45, 2.75) is 19.3 Å². The molecule has 144 valence electrons. The van der Waals surface area contributed by atoms with Gasteiger partial charge in [-0.15, -0.1) is 13.2 Å². The fourth-order valence-electron chi connectivity index (χ4n) is 2.77. The van der Waals surface area contributed by atoms with E-state index in [1.54, 1.807) is 0 Å². The quantitative estimate of drug-likeness (QED) is 0.578. The van der Waals surface area contributed by atoms with E-state index in [2.05, 4.69) is 10.1 Å². The molecule has 3 rings (SSSR count). The summed E-state index contributed by atoms with van der Waals surface area (Å²) in [5, 5.41) is 5.10. The zero-order chi connectivity index (χ0) is 20.1. The van der Waals surface area contributed by atoms with Crippen molar-refractivity contribution in [2.24, 2.45) is 0 Å². The number of rotatable bonds is 5. The molecule has 0 aliphatic carbocycles. The predicted molar refractivity (Wildman–Crippen MR) is 103 cm³/mol. The van der Waals surface area contributed by atoms with Crippen LogP contribution in [0.3, 0.4) is 0 Å². The number of benzene rings is 3. The first-order valence-corrected chi connectivity index (χ1v) is 8.63. The summed E-state index contributed by atoms with van der Waals surface area (Å²) in [7, 11) is 0. The van der Waals surface area contributed by atoms with E-state index in [-0.39, 0.29) is 17.7 Å². The Morgan fingerprint density at radius 2 is 1.68 bits per heavy atom. The minimum absolute atomic E-state index is 0.190. The third-order valence-electron chi connectivity index (χ3n) is 4.17. The molecule has 1 N–H and O–H groups in total. The number of amides is 1. The molecule has 1 amide bonds. The fraction of sp³-hybridized carbons (Fsp3) is 0.136. The maximum atomic E-state index is 12.2. The molecule has 0 spiro atoms. The number of fused-ring (bicyclic) bond motifs is 1. The second-order valence-corrected chi connectivity index (χ2v) is 6.29. The van der Waals surface area contributed by atoms with Crippen molar-refractivity contribution in [1.82, 2.24) is 5.32 Å². The monoisotopic (exact) mass is 385 g/mol. The summed E-state index contributed by atoms with van der Waals surface area (Å²) in [5.74, 6) is -0.602. The molecule has 1 unspecified atom stereocenters. The molecule has 0 fully saturated rings. The van der Waals surface area contributed by atoms with E-state index in [1.165, 1.54) is 36.4 Å². The van der Waals surface area contributed by atoms with Crippen LogP contribution < -0.4 is 10.1 Å². The van der Waals surface area contributed by atoms with Crippen molar-refractivity contribution in [3.63, 3.8) is 0 Å². The molecule has 3 nitrogen and oxygen atoms in total. The van der Waals surface area contributed by atoms with Gasteiger partial charge in [0.2, 0.25) is 5.91 Å². The van der Waals surface area contributed by atoms with Crippen LogP contribution in [0.4, 0.5) is 13.2 Å². The minimum atomic E-state index is -4.73. The van der Waals surface area contributed by atoms with Gasteiger partial charge in [0.05, 0.1) is 6.04 Å². The lowest BCUT2D eigenvalue weighted by molar-refractivity contribution is -0.274. The Morgan fingerprint density at radius 1 is 1.00 bits per heavy atom. The number of hydrogen-bond donors (Lipinski definition) is 1. The third-order valence-corrected chi connectivity index (χ3v) is 4.17. The van der Waals surface area contributed by atoms with Crippen molar-refractivity contribution in [1.29, 1.82) is 0 Å². The molecule has 0 radical (unpaired) electrons. The summed E-state index contributed by atoms with van der Waals surface area (Å²) < 4.78 is 40.3. The van der Waals surface area contributed by atoms with Crippen LogP contribution in [0.5, 0.6) is 5.75 Å². The van der Waals surface area contributed by atoms with Crippen LogP contribution in [0.25, 0.3) is 16.8 Å². The van der Waals surface area contributed by atoms with Gasteiger partial charge in [0.15, 0.2) is 0 Å². The molecule has 3 aromatic rings. The Bertz CT molecular complexity index is 995. The molecular weight excluding hydrogens is 367 g/mol. The van der Waals surface area contributed by atoms with Gasteiger partial charge in [0.25, 0.3) is 0 Å². The normalized spacial score (nSPS) is 12.9. The lowest BCUT2D eigenvalue weighted by Gasteiger charge is -2.14. The highest BCUT2D eigenvalue weighted by Gasteiger charge is 2.30. The molecule has 0 aliphatic heterocycles. The van der Waals surface area contributed by atoms with Gasteiger partial charge < -0.3 is 10.1 Å². The highest BCUT2D eigenvalue weighted by atomic mass is 19.4. The van der Waals surface area contributed by atoms with E-state index in [9.17, 15) is 18.0 Å². The van der Waals surface area contributed by atoms with Crippen LogP contribution in [-0.2, 0) is 4.79 Å². The molecule has 0 aromatic heterocycles. The van der Waals surface area contributed by atoms with Gasteiger partial charge in [-0.2, -0.15) is 0 Å². The van der Waals surface area contributed by atoms with E-state index in [4.69, 9.17) is 0 Å². The second-order valence-electron chi connectivity index (χ2n) is 6.29. The average molecular weight is 385 g/mol. The molecular formula is C22H18F3NO2. The van der Waals surface area contributed by atoms with Gasteiger partial charge in [-0.1, -0.05) is 48.5 Å². The van der Waals surface area contributed by atoms with Crippen molar-refractivity contribution in [3.8, 4) is 5.75 Å². The highest BCUT2D eigenvalue weighted by Crippen LogP contribution is 2.23. The maximum Gasteiger partial charge on any atom is 0.573 e. The van der Waals surface area contributed by atoms with Crippen molar-refractivity contribution in [3.05, 3.63) is 83.9 Å². The SMILES string of the molecule is CC(NC(=O)/C=C/c1ccc(OC(F)(F)F)cc1)c1ccc2ccccc2c1. The average Bonchev–Trinajstić information content (AvgIpc) is 2.66. The number of carbonyl (C=O) groups excluding carboxylic acids is 1. The number of nitrogens with one attached hydrogen (secondary N) is 1. The van der Waals surface area contributed by atoms with E-state index in [1.807, 2.05) is 49.4 Å². The molecule has 0 aliphatic rings. The lowest BCUT2D eigenvalue weighted by atomic mass is 10.0. The first-order valence-electron chi connectivity index (χ1n) is 8.63. The Labute approximate surface area is 160 Å². The number of hydrogen-bond acceptors (Lipinski definition) is 2. The molecule has 28 heavy (non-hydrogen) atoms. The Hall–Kier alpha value is -3.28. The first kappa shape index (κ1) is 19.5. The molecule has 0 bridgehead atoms. The van der Waals surface area contributed by atoms with Crippen LogP contribution in [-0.4, -0.2) is 12.3 Å². The van der Waals surface area contributed by atoms with E-state index in [0.717, 1.165) is 16.3 Å². The van der Waals surface area contributed by atoms with Crippen molar-refractivity contribution >= 4 is 22.8 Å². The number of ether oxygens (including phenoxy) is 1. The van der Waals surface area contributed by atoms with Gasteiger partial charge in [-0.25, -0.2) is 0 Å². The van der Waals surface area contributed by atoms with Crippen LogP contribution in [0.1, 0.15) is 24.1 Å². The fourth-order valence-corrected chi connectivity index (χ4v) is 2.77. The summed E-state index contributed by atoms with van der Waals surface area (Å²) >= 11 is 0. The summed E-state index contributed by atoms with van der Waals surface area (Å²) in [6.45, 7) is 1.89. The van der Waals surface area contributed by atoms with Crippen molar-refractivity contribution in [2.75, 3.05) is 0 Å². The molecule has 1 atom stereocenters. The standard InChI is InChI=1S/C22H18F3NO2/c1-15(18-10-9-17-4-2-3-5-19(17)14-18)26-21(27)13-8-16-6-11-20(12-7-16)28-22(23,24)25/h2-15H,1H3,(H,26,27)/b13-8+. The highest BCUT2D eigenvalue weighted by molar-refractivity contribution is 5.92. The van der Waals surface area contributed by atoms with Crippen LogP contribution in [0.15, 0.2) is 72.8 Å². The number of carbonyl (C=O) groups is 1. The maximum absolute atomic E-state index is 12.2. The van der Waals surface area contributed by atoms with Crippen molar-refractivity contribution < 1.29 is 22.7 Å². The summed E-state index contributed by atoms with van der Waals surface area (Å²) in [4.78, 5) is 12.1. The Balaban J connectivity index is 1.60. The van der Waals surface area contributed by atoms with E-state index >= 15 is 0 Å². The molecule has 0 saturated carbocycles. The molecule has 0 heterocycles. The van der Waals surface area contributed by atoms with E-state index < -0.39 is 6.36 Å². The summed E-state index contributed by atoms with van der Waals surface area (Å²) in [6.07, 6.45) is -1.85. The zero-order valence-electron chi connectivity index (χ0n) is 15.0. The molecule has 3 aromatic carbocycles. The summed E-state index contributed by atoms with van der Waals surface area (Å²) in [6, 6.07) is 19.1. The minimum Gasteiger partial charge on any atom is -0.406 e. The molecule has 0 saturated heterocycles. The van der Waals surface area contributed by atoms with Gasteiger partial charge in [-0.05, 0) is 53.1 Å². The third kappa shape index (κ3) is 5.36. The van der Waals surface area contributed by atoms with Crippen LogP contribution >= 0.6 is 0 Å². The van der Waals surface area contributed by atoms with Gasteiger partial charge in [-0.3, -0.25) is 4.79 Å². The number of halogens is 3. The topological polar surface area (TPSA) is 38.3 Å². The van der Waals surface area contributed by atoms with Gasteiger partial charge >= 0.3 is 6.36 Å². The zero-order valence-corrected chi connectivity index (χ0v) is 15.0. The number of alkyl halides is 3. The Morgan fingerprint density at radius 3 is 2.36 bits per heavy atom. The lowest BCUT2D eigenvalue weighted by Crippen LogP contribution is -2.24. The Kier molecular flexibility index (Phi) is 5.68. The van der Waals surface area contributed by atoms with Crippen LogP contribution in [0, 0.1) is 0 Å². The van der Waals surface area contributed by atoms with E-state index in [0.29, 0.717) is 5.56 Å².